The van der Waals surface area contributed by atoms with E-state index < -0.39 is 11.7 Å². The van der Waals surface area contributed by atoms with E-state index in [2.05, 4.69) is 4.98 Å². The third-order valence-corrected chi connectivity index (χ3v) is 4.98. The third kappa shape index (κ3) is 4.18. The highest BCUT2D eigenvalue weighted by atomic mass is 35.5. The summed E-state index contributed by atoms with van der Waals surface area (Å²) in [5, 5.41) is 0.0129. The van der Waals surface area contributed by atoms with Gasteiger partial charge in [0.1, 0.15) is 24.3 Å². The molecular formula is C19H20ClF3N3O+. The summed E-state index contributed by atoms with van der Waals surface area (Å²) in [7, 11) is 0. The van der Waals surface area contributed by atoms with Crippen LogP contribution in [0.5, 0.6) is 0 Å². The van der Waals surface area contributed by atoms with Crippen molar-refractivity contribution in [2.45, 2.75) is 20.0 Å². The highest BCUT2D eigenvalue weighted by Gasteiger charge is 2.35. The van der Waals surface area contributed by atoms with Gasteiger partial charge in [-0.05, 0) is 31.5 Å². The fraction of sp³-hybridized carbons (Fsp3) is 0.368. The minimum Gasteiger partial charge on any atom is -0.331 e. The molecule has 0 atom stereocenters. The number of nitrogens with one attached hydrogen (secondary N) is 1. The van der Waals surface area contributed by atoms with Gasteiger partial charge in [-0.25, -0.2) is 4.98 Å². The molecule has 8 heteroatoms. The fourth-order valence-corrected chi connectivity index (χ4v) is 3.52. The summed E-state index contributed by atoms with van der Waals surface area (Å²) in [4.78, 5) is 19.0. The van der Waals surface area contributed by atoms with E-state index in [1.54, 1.807) is 4.90 Å². The Kier molecular flexibility index (Phi) is 5.33. The van der Waals surface area contributed by atoms with Crippen LogP contribution in [0.2, 0.25) is 5.02 Å². The van der Waals surface area contributed by atoms with Crippen LogP contribution in [0.4, 0.5) is 19.0 Å². The first kappa shape index (κ1) is 19.5. The highest BCUT2D eigenvalue weighted by molar-refractivity contribution is 6.32. The Bertz CT molecular complexity index is 862. The number of nitrogens with zero attached hydrogens (tertiary/aromatic N) is 2. The van der Waals surface area contributed by atoms with E-state index in [0.29, 0.717) is 37.6 Å². The Labute approximate surface area is 160 Å². The molecule has 1 saturated heterocycles. The Morgan fingerprint density at radius 3 is 2.33 bits per heavy atom. The zero-order valence-electron chi connectivity index (χ0n) is 15.0. The average molecular weight is 399 g/mol. The zero-order chi connectivity index (χ0) is 19.8. The van der Waals surface area contributed by atoms with Crippen LogP contribution < -0.4 is 9.88 Å². The summed E-state index contributed by atoms with van der Waals surface area (Å²) >= 11 is 6.05. The maximum absolute atomic E-state index is 12.8. The van der Waals surface area contributed by atoms with Gasteiger partial charge in [0.05, 0.1) is 18.7 Å². The van der Waals surface area contributed by atoms with Crippen LogP contribution in [0.25, 0.3) is 0 Å². The smallest absolute Gasteiger partial charge is 0.331 e. The molecule has 1 N–H and O–H groups in total. The maximum Gasteiger partial charge on any atom is 0.419 e. The van der Waals surface area contributed by atoms with Gasteiger partial charge >= 0.3 is 6.18 Å². The van der Waals surface area contributed by atoms with E-state index in [4.69, 9.17) is 11.6 Å². The zero-order valence-corrected chi connectivity index (χ0v) is 15.8. The van der Waals surface area contributed by atoms with Crippen molar-refractivity contribution >= 4 is 23.3 Å². The van der Waals surface area contributed by atoms with Gasteiger partial charge in [-0.1, -0.05) is 29.3 Å². The summed E-state index contributed by atoms with van der Waals surface area (Å²) < 4.78 is 38.3. The van der Waals surface area contributed by atoms with E-state index in [9.17, 15) is 18.0 Å². The number of piperazine rings is 1. The van der Waals surface area contributed by atoms with Crippen molar-refractivity contribution in [2.75, 3.05) is 31.1 Å². The van der Waals surface area contributed by atoms with Gasteiger partial charge in [-0.2, -0.15) is 13.2 Å². The molecule has 2 aromatic rings. The number of aryl methyl sites for hydroxylation is 2. The van der Waals surface area contributed by atoms with Crippen LogP contribution in [-0.2, 0) is 6.18 Å². The Morgan fingerprint density at radius 1 is 1.11 bits per heavy atom. The van der Waals surface area contributed by atoms with Crippen LogP contribution >= 0.6 is 11.6 Å². The van der Waals surface area contributed by atoms with Gasteiger partial charge in [0.15, 0.2) is 0 Å². The average Bonchev–Trinajstić information content (AvgIpc) is 2.60. The number of hydrogen-bond acceptors (Lipinski definition) is 2. The second-order valence-electron chi connectivity index (χ2n) is 6.68. The van der Waals surface area contributed by atoms with E-state index in [-0.39, 0.29) is 10.9 Å². The Morgan fingerprint density at radius 2 is 1.78 bits per heavy atom. The first-order valence-corrected chi connectivity index (χ1v) is 8.94. The lowest BCUT2D eigenvalue weighted by Crippen LogP contribution is -2.50. The van der Waals surface area contributed by atoms with Crippen LogP contribution in [0.15, 0.2) is 30.5 Å². The molecule has 1 amide bonds. The molecule has 0 saturated carbocycles. The summed E-state index contributed by atoms with van der Waals surface area (Å²) in [5.41, 5.74) is 1.89. The van der Waals surface area contributed by atoms with Gasteiger partial charge in [-0.3, -0.25) is 9.69 Å². The lowest BCUT2D eigenvalue weighted by molar-refractivity contribution is -0.367. The monoisotopic (exact) mass is 398 g/mol. The summed E-state index contributed by atoms with van der Waals surface area (Å²) in [6, 6.07) is 6.63. The first-order valence-electron chi connectivity index (χ1n) is 8.56. The highest BCUT2D eigenvalue weighted by Crippen LogP contribution is 2.32. The summed E-state index contributed by atoms with van der Waals surface area (Å²) in [6.07, 6.45) is -3.54. The quantitative estimate of drug-likeness (QED) is 0.772. The number of pyridine rings is 1. The number of H-pyrrole nitrogens is 1. The first-order chi connectivity index (χ1) is 12.7. The molecule has 0 radical (unpaired) electrons. The third-order valence-electron chi connectivity index (χ3n) is 4.70. The molecule has 27 heavy (non-hydrogen) atoms. The van der Waals surface area contributed by atoms with Crippen molar-refractivity contribution in [1.82, 2.24) is 4.90 Å². The molecule has 0 bridgehead atoms. The molecule has 0 unspecified atom stereocenters. The minimum absolute atomic E-state index is 0.0129. The van der Waals surface area contributed by atoms with Crippen molar-refractivity contribution in [3.63, 3.8) is 0 Å². The molecule has 1 aliphatic heterocycles. The van der Waals surface area contributed by atoms with E-state index in [1.165, 1.54) is 0 Å². The number of halogens is 4. The van der Waals surface area contributed by atoms with Crippen LogP contribution in [-0.4, -0.2) is 37.0 Å². The number of amides is 1. The van der Waals surface area contributed by atoms with Crippen molar-refractivity contribution in [1.29, 1.82) is 0 Å². The topological polar surface area (TPSA) is 37.7 Å². The SMILES string of the molecule is Cc1ccc(C(=O)N2CCN(c3[nH+]cc(C(F)(F)F)cc3Cl)CC2)c(C)c1. The minimum atomic E-state index is -4.45. The summed E-state index contributed by atoms with van der Waals surface area (Å²) in [5.74, 6) is 0.401. The van der Waals surface area contributed by atoms with Gasteiger partial charge < -0.3 is 4.90 Å². The van der Waals surface area contributed by atoms with E-state index in [1.807, 2.05) is 36.9 Å². The van der Waals surface area contributed by atoms with E-state index >= 15 is 0 Å². The van der Waals surface area contributed by atoms with Crippen molar-refractivity contribution in [3.05, 3.63) is 57.7 Å². The summed E-state index contributed by atoms with van der Waals surface area (Å²) in [6.45, 7) is 5.79. The number of benzene rings is 1. The fourth-order valence-electron chi connectivity index (χ4n) is 3.22. The number of alkyl halides is 3. The molecule has 144 valence electrons. The Balaban J connectivity index is 1.69. The molecule has 2 heterocycles. The predicted molar refractivity (Wildman–Crippen MR) is 97.0 cm³/mol. The normalized spacial score (nSPS) is 15.2. The molecule has 0 aliphatic carbocycles. The van der Waals surface area contributed by atoms with Crippen molar-refractivity contribution in [2.24, 2.45) is 0 Å². The molecule has 0 spiro atoms. The van der Waals surface area contributed by atoms with Gasteiger partial charge in [0.25, 0.3) is 11.7 Å². The molecular weight excluding hydrogens is 379 g/mol. The number of carbonyl (C=O) groups is 1. The number of aromatic amines is 1. The number of aromatic nitrogens is 1. The maximum atomic E-state index is 12.8. The number of rotatable bonds is 2. The van der Waals surface area contributed by atoms with Crippen LogP contribution in [0, 0.1) is 13.8 Å². The second kappa shape index (κ2) is 7.38. The molecule has 1 aromatic carbocycles. The molecule has 3 rings (SSSR count). The van der Waals surface area contributed by atoms with Crippen LogP contribution in [0.3, 0.4) is 0 Å². The Hall–Kier alpha value is -2.28. The largest absolute Gasteiger partial charge is 0.419 e. The number of anilines is 1. The lowest BCUT2D eigenvalue weighted by atomic mass is 10.0. The van der Waals surface area contributed by atoms with E-state index in [0.717, 1.165) is 23.4 Å². The van der Waals surface area contributed by atoms with Crippen molar-refractivity contribution in [3.8, 4) is 0 Å². The second-order valence-corrected chi connectivity index (χ2v) is 7.09. The van der Waals surface area contributed by atoms with Crippen molar-refractivity contribution < 1.29 is 22.9 Å². The van der Waals surface area contributed by atoms with Crippen LogP contribution in [0.1, 0.15) is 27.0 Å². The number of hydrogen-bond donors (Lipinski definition) is 0. The lowest BCUT2D eigenvalue weighted by Gasteiger charge is -2.31. The predicted octanol–water partition coefficient (Wildman–Crippen LogP) is 3.75. The van der Waals surface area contributed by atoms with Gasteiger partial charge in [0.2, 0.25) is 0 Å². The standard InChI is InChI=1S/C19H19ClF3N3O/c1-12-3-4-15(13(2)9-12)18(27)26-7-5-25(6-8-26)17-16(20)10-14(11-24-17)19(21,22)23/h3-4,9-11H,5-8H2,1-2H3/p+1. The van der Waals surface area contributed by atoms with Gasteiger partial charge in [-0.15, -0.1) is 0 Å². The molecule has 1 aromatic heterocycles. The molecule has 4 nitrogen and oxygen atoms in total. The number of carbonyl (C=O) groups excluding carboxylic acids is 1. The molecule has 1 aliphatic rings. The molecule has 1 fully saturated rings. The van der Waals surface area contributed by atoms with Gasteiger partial charge in [0, 0.05) is 5.56 Å².